The molecule has 0 radical (unpaired) electrons. The van der Waals surface area contributed by atoms with E-state index < -0.39 is 21.5 Å². The number of benzene rings is 1. The highest BCUT2D eigenvalue weighted by molar-refractivity contribution is 7.90. The number of rotatable bonds is 3. The van der Waals surface area contributed by atoms with Crippen LogP contribution in [0.1, 0.15) is 5.56 Å². The highest BCUT2D eigenvalue weighted by Gasteiger charge is 2.17. The second-order valence-electron chi connectivity index (χ2n) is 3.67. The van der Waals surface area contributed by atoms with Crippen LogP contribution in [0.15, 0.2) is 47.5 Å². The van der Waals surface area contributed by atoms with E-state index >= 15 is 0 Å². The van der Waals surface area contributed by atoms with Crippen LogP contribution < -0.4 is 0 Å². The van der Waals surface area contributed by atoms with Crippen LogP contribution in [0.3, 0.4) is 0 Å². The number of halogens is 2. The van der Waals surface area contributed by atoms with Crippen molar-refractivity contribution in [1.82, 2.24) is 4.98 Å². The van der Waals surface area contributed by atoms with Crippen LogP contribution >= 0.6 is 11.6 Å². The molecule has 0 fully saturated rings. The number of aromatic nitrogens is 1. The molecule has 0 atom stereocenters. The zero-order chi connectivity index (χ0) is 13.2. The fourth-order valence-corrected chi connectivity index (χ4v) is 2.93. The standard InChI is InChI=1S/C12H9ClFNO2S/c13-10-3-5-11(6-4-10)18(16,17)8-9-2-1-7-15-12(9)14/h1-7H,8H2. The zero-order valence-electron chi connectivity index (χ0n) is 9.18. The van der Waals surface area contributed by atoms with Gasteiger partial charge in [-0.05, 0) is 30.3 Å². The van der Waals surface area contributed by atoms with E-state index in [1.54, 1.807) is 0 Å². The molecule has 94 valence electrons. The molecule has 2 aromatic rings. The molecule has 2 rings (SSSR count). The molecule has 0 amide bonds. The van der Waals surface area contributed by atoms with Crippen molar-refractivity contribution in [2.24, 2.45) is 0 Å². The lowest BCUT2D eigenvalue weighted by atomic mass is 10.3. The summed E-state index contributed by atoms with van der Waals surface area (Å²) in [5, 5.41) is 0.446. The third kappa shape index (κ3) is 2.86. The number of hydrogen-bond acceptors (Lipinski definition) is 3. The molecule has 0 bridgehead atoms. The molecule has 0 N–H and O–H groups in total. The summed E-state index contributed by atoms with van der Waals surface area (Å²) < 4.78 is 37.4. The Morgan fingerprint density at radius 2 is 1.83 bits per heavy atom. The van der Waals surface area contributed by atoms with Gasteiger partial charge in [0.25, 0.3) is 0 Å². The molecule has 0 unspecified atom stereocenters. The van der Waals surface area contributed by atoms with Crippen molar-refractivity contribution < 1.29 is 12.8 Å². The van der Waals surface area contributed by atoms with Crippen LogP contribution in [0.4, 0.5) is 4.39 Å². The van der Waals surface area contributed by atoms with Crippen molar-refractivity contribution in [1.29, 1.82) is 0 Å². The van der Waals surface area contributed by atoms with Gasteiger partial charge in [0.05, 0.1) is 10.6 Å². The number of nitrogens with zero attached hydrogens (tertiary/aromatic N) is 1. The zero-order valence-corrected chi connectivity index (χ0v) is 10.7. The summed E-state index contributed by atoms with van der Waals surface area (Å²) in [5.41, 5.74) is 0.0486. The van der Waals surface area contributed by atoms with E-state index in [0.717, 1.165) is 0 Å². The Balaban J connectivity index is 2.33. The Hall–Kier alpha value is -1.46. The Morgan fingerprint density at radius 1 is 1.17 bits per heavy atom. The highest BCUT2D eigenvalue weighted by Crippen LogP contribution is 2.19. The van der Waals surface area contributed by atoms with Gasteiger partial charge < -0.3 is 0 Å². The van der Waals surface area contributed by atoms with Crippen LogP contribution in [0.25, 0.3) is 0 Å². The van der Waals surface area contributed by atoms with Gasteiger partial charge in [-0.1, -0.05) is 17.7 Å². The first-order valence-corrected chi connectivity index (χ1v) is 7.10. The molecular formula is C12H9ClFNO2S. The summed E-state index contributed by atoms with van der Waals surface area (Å²) in [6, 6.07) is 8.64. The van der Waals surface area contributed by atoms with Gasteiger partial charge in [-0.15, -0.1) is 0 Å². The largest absolute Gasteiger partial charge is 0.228 e. The van der Waals surface area contributed by atoms with Crippen molar-refractivity contribution in [2.75, 3.05) is 0 Å². The minimum absolute atomic E-state index is 0.0486. The van der Waals surface area contributed by atoms with Crippen LogP contribution in [-0.4, -0.2) is 13.4 Å². The second kappa shape index (κ2) is 5.04. The van der Waals surface area contributed by atoms with Gasteiger partial charge in [0, 0.05) is 16.8 Å². The maximum absolute atomic E-state index is 13.3. The Morgan fingerprint density at radius 3 is 2.44 bits per heavy atom. The highest BCUT2D eigenvalue weighted by atomic mass is 35.5. The monoisotopic (exact) mass is 285 g/mol. The lowest BCUT2D eigenvalue weighted by Crippen LogP contribution is -2.07. The molecular weight excluding hydrogens is 277 g/mol. The minimum Gasteiger partial charge on any atom is -0.228 e. The molecule has 6 heteroatoms. The van der Waals surface area contributed by atoms with Crippen LogP contribution in [0, 0.1) is 5.95 Å². The van der Waals surface area contributed by atoms with Gasteiger partial charge in [-0.2, -0.15) is 4.39 Å². The van der Waals surface area contributed by atoms with E-state index in [1.807, 2.05) is 0 Å². The minimum atomic E-state index is -3.59. The molecule has 1 heterocycles. The van der Waals surface area contributed by atoms with E-state index in [1.165, 1.54) is 42.6 Å². The van der Waals surface area contributed by atoms with E-state index in [9.17, 15) is 12.8 Å². The topological polar surface area (TPSA) is 47.0 Å². The van der Waals surface area contributed by atoms with Gasteiger partial charge in [0.1, 0.15) is 0 Å². The summed E-state index contributed by atoms with van der Waals surface area (Å²) in [6.07, 6.45) is 1.27. The molecule has 0 aliphatic heterocycles. The average molecular weight is 286 g/mol. The molecule has 0 spiro atoms. The average Bonchev–Trinajstić information content (AvgIpc) is 2.32. The molecule has 0 aliphatic carbocycles. The van der Waals surface area contributed by atoms with Crippen molar-refractivity contribution in [3.63, 3.8) is 0 Å². The lowest BCUT2D eigenvalue weighted by Gasteiger charge is -2.05. The first kappa shape index (κ1) is 13.0. The summed E-state index contributed by atoms with van der Waals surface area (Å²) in [4.78, 5) is 3.53. The third-order valence-electron chi connectivity index (χ3n) is 2.35. The maximum atomic E-state index is 13.3. The Labute approximate surface area is 109 Å². The Bertz CT molecular complexity index is 656. The summed E-state index contributed by atoms with van der Waals surface area (Å²) in [7, 11) is -3.59. The summed E-state index contributed by atoms with van der Waals surface area (Å²) >= 11 is 5.68. The molecule has 3 nitrogen and oxygen atoms in total. The van der Waals surface area contributed by atoms with Gasteiger partial charge in [-0.25, -0.2) is 13.4 Å². The SMILES string of the molecule is O=S(=O)(Cc1cccnc1F)c1ccc(Cl)cc1. The van der Waals surface area contributed by atoms with Crippen LogP contribution in [-0.2, 0) is 15.6 Å². The molecule has 1 aromatic carbocycles. The lowest BCUT2D eigenvalue weighted by molar-refractivity contribution is 0.564. The van der Waals surface area contributed by atoms with Gasteiger partial charge in [0.2, 0.25) is 5.95 Å². The van der Waals surface area contributed by atoms with E-state index in [-0.39, 0.29) is 10.5 Å². The normalized spacial score (nSPS) is 11.4. The van der Waals surface area contributed by atoms with Crippen LogP contribution in [0.2, 0.25) is 5.02 Å². The molecule has 18 heavy (non-hydrogen) atoms. The number of pyridine rings is 1. The quantitative estimate of drug-likeness (QED) is 0.815. The fraction of sp³-hybridized carbons (Fsp3) is 0.0833. The molecule has 0 saturated heterocycles. The maximum Gasteiger partial charge on any atom is 0.217 e. The third-order valence-corrected chi connectivity index (χ3v) is 4.29. The summed E-state index contributed by atoms with van der Waals surface area (Å²) in [5.74, 6) is -1.19. The predicted molar refractivity (Wildman–Crippen MR) is 66.5 cm³/mol. The molecule has 0 saturated carbocycles. The van der Waals surface area contributed by atoms with E-state index in [4.69, 9.17) is 11.6 Å². The molecule has 1 aromatic heterocycles. The number of sulfone groups is 1. The first-order chi connectivity index (χ1) is 8.49. The van der Waals surface area contributed by atoms with Crippen molar-refractivity contribution in [2.45, 2.75) is 10.6 Å². The molecule has 0 aliphatic rings. The smallest absolute Gasteiger partial charge is 0.217 e. The second-order valence-corrected chi connectivity index (χ2v) is 6.09. The van der Waals surface area contributed by atoms with Gasteiger partial charge in [0.15, 0.2) is 9.84 Å². The fourth-order valence-electron chi connectivity index (χ4n) is 1.46. The summed E-state index contributed by atoms with van der Waals surface area (Å²) in [6.45, 7) is 0. The Kier molecular flexibility index (Phi) is 3.63. The van der Waals surface area contributed by atoms with Crippen molar-refractivity contribution in [3.05, 3.63) is 59.1 Å². The van der Waals surface area contributed by atoms with Crippen molar-refractivity contribution in [3.8, 4) is 0 Å². The van der Waals surface area contributed by atoms with Crippen LogP contribution in [0.5, 0.6) is 0 Å². The van der Waals surface area contributed by atoms with E-state index in [0.29, 0.717) is 5.02 Å². The van der Waals surface area contributed by atoms with E-state index in [2.05, 4.69) is 4.98 Å². The van der Waals surface area contributed by atoms with Gasteiger partial charge >= 0.3 is 0 Å². The van der Waals surface area contributed by atoms with Crippen molar-refractivity contribution >= 4 is 21.4 Å². The number of hydrogen-bond donors (Lipinski definition) is 0. The first-order valence-electron chi connectivity index (χ1n) is 5.07. The predicted octanol–water partition coefficient (Wildman–Crippen LogP) is 2.85. The van der Waals surface area contributed by atoms with Gasteiger partial charge in [-0.3, -0.25) is 0 Å².